The highest BCUT2D eigenvalue weighted by molar-refractivity contribution is 8.00. The number of benzene rings is 1. The molecule has 5 rings (SSSR count). The van der Waals surface area contributed by atoms with Gasteiger partial charge in [0, 0.05) is 42.4 Å². The van der Waals surface area contributed by atoms with Gasteiger partial charge in [-0.3, -0.25) is 14.3 Å². The van der Waals surface area contributed by atoms with Crippen LogP contribution in [0.3, 0.4) is 0 Å². The number of nitrogens with zero attached hydrogens (tertiary/aromatic N) is 5. The molecule has 0 saturated carbocycles. The van der Waals surface area contributed by atoms with E-state index in [2.05, 4.69) is 37.5 Å². The predicted molar refractivity (Wildman–Crippen MR) is 138 cm³/mol. The average Bonchev–Trinajstić information content (AvgIpc) is 3.56. The number of amides is 1. The fraction of sp³-hybridized carbons (Fsp3) is 0.308. The number of carbonyl (C=O) groups is 1. The highest BCUT2D eigenvalue weighted by Gasteiger charge is 2.22. The second kappa shape index (κ2) is 10.8. The van der Waals surface area contributed by atoms with Crippen LogP contribution in [0.2, 0.25) is 0 Å². The van der Waals surface area contributed by atoms with Crippen molar-refractivity contribution in [3.8, 4) is 11.4 Å². The van der Waals surface area contributed by atoms with Gasteiger partial charge in [0.1, 0.15) is 5.76 Å². The molecule has 1 unspecified atom stereocenters. The molecule has 4 heterocycles. The third-order valence-electron chi connectivity index (χ3n) is 6.04. The van der Waals surface area contributed by atoms with Crippen LogP contribution in [0.15, 0.2) is 76.8 Å². The molecule has 1 atom stereocenters. The summed E-state index contributed by atoms with van der Waals surface area (Å²) in [6.07, 6.45) is 8.89. The Morgan fingerprint density at radius 1 is 1.09 bits per heavy atom. The van der Waals surface area contributed by atoms with E-state index in [9.17, 15) is 4.79 Å². The van der Waals surface area contributed by atoms with Gasteiger partial charge in [-0.2, -0.15) is 0 Å². The van der Waals surface area contributed by atoms with E-state index in [0.29, 0.717) is 17.5 Å². The molecule has 3 aromatic heterocycles. The Balaban J connectivity index is 1.28. The molecule has 0 bridgehead atoms. The molecule has 180 valence electrons. The van der Waals surface area contributed by atoms with Crippen LogP contribution >= 0.6 is 11.8 Å². The number of aromatic nitrogens is 4. The molecule has 9 heteroatoms. The number of hydrogen-bond donors (Lipinski definition) is 1. The summed E-state index contributed by atoms with van der Waals surface area (Å²) >= 11 is 1.37. The van der Waals surface area contributed by atoms with Crippen LogP contribution in [0, 0.1) is 0 Å². The van der Waals surface area contributed by atoms with Gasteiger partial charge in [-0.25, -0.2) is 0 Å². The summed E-state index contributed by atoms with van der Waals surface area (Å²) < 4.78 is 7.51. The molecular weight excluding hydrogens is 460 g/mol. The maximum atomic E-state index is 13.0. The zero-order valence-electron chi connectivity index (χ0n) is 19.6. The van der Waals surface area contributed by atoms with Crippen molar-refractivity contribution in [3.63, 3.8) is 0 Å². The van der Waals surface area contributed by atoms with Crippen LogP contribution in [0.25, 0.3) is 11.4 Å². The molecule has 1 aliphatic heterocycles. The number of nitrogens with one attached hydrogen (secondary N) is 1. The number of anilines is 2. The van der Waals surface area contributed by atoms with Crippen molar-refractivity contribution in [1.82, 2.24) is 19.7 Å². The number of hydrogen-bond acceptors (Lipinski definition) is 7. The van der Waals surface area contributed by atoms with Gasteiger partial charge in [-0.15, -0.1) is 10.2 Å². The average molecular weight is 489 g/mol. The standard InChI is InChI=1S/C26H28N6O2S/c1-19(25(33)28-21-9-11-22(12-10-21)31-14-3-2-4-15-31)35-26-30-29-24(20-7-5-13-27-17-20)32(26)18-23-8-6-16-34-23/h5-13,16-17,19H,2-4,14-15,18H2,1H3,(H,28,33). The van der Waals surface area contributed by atoms with Crippen LogP contribution in [-0.4, -0.2) is 44.0 Å². The smallest absolute Gasteiger partial charge is 0.237 e. The maximum Gasteiger partial charge on any atom is 0.237 e. The Kier molecular flexibility index (Phi) is 7.13. The molecule has 1 aliphatic rings. The van der Waals surface area contributed by atoms with Crippen LogP contribution in [0.5, 0.6) is 0 Å². The van der Waals surface area contributed by atoms with Crippen LogP contribution < -0.4 is 10.2 Å². The van der Waals surface area contributed by atoms with Crippen molar-refractivity contribution < 1.29 is 9.21 Å². The molecule has 8 nitrogen and oxygen atoms in total. The largest absolute Gasteiger partial charge is 0.467 e. The van der Waals surface area contributed by atoms with Gasteiger partial charge < -0.3 is 14.6 Å². The zero-order valence-corrected chi connectivity index (χ0v) is 20.4. The van der Waals surface area contributed by atoms with E-state index in [0.717, 1.165) is 30.1 Å². The van der Waals surface area contributed by atoms with Crippen molar-refractivity contribution >= 4 is 29.0 Å². The molecule has 1 aromatic carbocycles. The fourth-order valence-electron chi connectivity index (χ4n) is 4.15. The number of carbonyl (C=O) groups excluding carboxylic acids is 1. The molecule has 1 saturated heterocycles. The van der Waals surface area contributed by atoms with E-state index in [4.69, 9.17) is 4.42 Å². The molecule has 0 radical (unpaired) electrons. The molecule has 1 fully saturated rings. The molecule has 0 spiro atoms. The van der Waals surface area contributed by atoms with E-state index in [1.807, 2.05) is 47.9 Å². The molecule has 35 heavy (non-hydrogen) atoms. The first-order valence-electron chi connectivity index (χ1n) is 11.9. The summed E-state index contributed by atoms with van der Waals surface area (Å²) in [5.74, 6) is 1.37. The lowest BCUT2D eigenvalue weighted by Crippen LogP contribution is -2.29. The monoisotopic (exact) mass is 488 g/mol. The van der Waals surface area contributed by atoms with Crippen molar-refractivity contribution in [2.75, 3.05) is 23.3 Å². The van der Waals surface area contributed by atoms with Crippen LogP contribution in [0.1, 0.15) is 31.9 Å². The Hall–Kier alpha value is -3.59. The van der Waals surface area contributed by atoms with Gasteiger partial charge in [0.05, 0.1) is 18.1 Å². The summed E-state index contributed by atoms with van der Waals surface area (Å²) in [5, 5.41) is 12.1. The normalized spacial score (nSPS) is 14.6. The van der Waals surface area contributed by atoms with Crippen molar-refractivity contribution in [1.29, 1.82) is 0 Å². The number of pyridine rings is 1. The van der Waals surface area contributed by atoms with Gasteiger partial charge in [0.25, 0.3) is 0 Å². The van der Waals surface area contributed by atoms with Gasteiger partial charge in [-0.05, 0) is 74.7 Å². The summed E-state index contributed by atoms with van der Waals surface area (Å²) in [6.45, 7) is 4.52. The van der Waals surface area contributed by atoms with E-state index < -0.39 is 0 Å². The van der Waals surface area contributed by atoms with E-state index in [-0.39, 0.29) is 11.2 Å². The molecule has 1 N–H and O–H groups in total. The summed E-state index contributed by atoms with van der Waals surface area (Å²) in [4.78, 5) is 19.6. The lowest BCUT2D eigenvalue weighted by Gasteiger charge is -2.28. The third kappa shape index (κ3) is 5.57. The number of furan rings is 1. The van der Waals surface area contributed by atoms with E-state index in [1.54, 1.807) is 18.7 Å². The van der Waals surface area contributed by atoms with E-state index in [1.165, 1.54) is 36.7 Å². The molecule has 1 amide bonds. The first kappa shape index (κ1) is 23.2. The first-order chi connectivity index (χ1) is 17.2. The van der Waals surface area contributed by atoms with Gasteiger partial charge in [0.15, 0.2) is 11.0 Å². The lowest BCUT2D eigenvalue weighted by atomic mass is 10.1. The van der Waals surface area contributed by atoms with E-state index >= 15 is 0 Å². The van der Waals surface area contributed by atoms with Crippen molar-refractivity contribution in [3.05, 3.63) is 72.9 Å². The Bertz CT molecular complexity index is 1230. The van der Waals surface area contributed by atoms with Crippen molar-refractivity contribution in [2.45, 2.75) is 43.1 Å². The lowest BCUT2D eigenvalue weighted by molar-refractivity contribution is -0.115. The molecule has 4 aromatic rings. The topological polar surface area (TPSA) is 89.1 Å². The minimum absolute atomic E-state index is 0.0869. The molecular formula is C26H28N6O2S. The number of thioether (sulfide) groups is 1. The summed E-state index contributed by atoms with van der Waals surface area (Å²) in [6, 6.07) is 15.7. The highest BCUT2D eigenvalue weighted by atomic mass is 32.2. The Morgan fingerprint density at radius 3 is 2.63 bits per heavy atom. The Morgan fingerprint density at radius 2 is 1.91 bits per heavy atom. The third-order valence-corrected chi connectivity index (χ3v) is 7.12. The highest BCUT2D eigenvalue weighted by Crippen LogP contribution is 2.29. The first-order valence-corrected chi connectivity index (χ1v) is 12.7. The molecule has 0 aliphatic carbocycles. The minimum atomic E-state index is -0.377. The fourth-order valence-corrected chi connectivity index (χ4v) is 5.00. The minimum Gasteiger partial charge on any atom is -0.467 e. The SMILES string of the molecule is CC(Sc1nnc(-c2cccnc2)n1Cc1ccco1)C(=O)Nc1ccc(N2CCCCC2)cc1. The second-order valence-electron chi connectivity index (χ2n) is 8.56. The van der Waals surface area contributed by atoms with Crippen LogP contribution in [0.4, 0.5) is 11.4 Å². The quantitative estimate of drug-likeness (QED) is 0.346. The number of rotatable bonds is 8. The van der Waals surface area contributed by atoms with Crippen LogP contribution in [-0.2, 0) is 11.3 Å². The summed E-state index contributed by atoms with van der Waals surface area (Å²) in [5.41, 5.74) is 2.85. The van der Waals surface area contributed by atoms with Gasteiger partial charge in [-0.1, -0.05) is 11.8 Å². The van der Waals surface area contributed by atoms with Gasteiger partial charge >= 0.3 is 0 Å². The Labute approximate surface area is 208 Å². The predicted octanol–water partition coefficient (Wildman–Crippen LogP) is 5.09. The summed E-state index contributed by atoms with van der Waals surface area (Å²) in [7, 11) is 0. The van der Waals surface area contributed by atoms with Gasteiger partial charge in [0.2, 0.25) is 5.91 Å². The second-order valence-corrected chi connectivity index (χ2v) is 9.87. The zero-order chi connectivity index (χ0) is 24.0. The van der Waals surface area contributed by atoms with Crippen molar-refractivity contribution in [2.24, 2.45) is 0 Å². The number of piperidine rings is 1. The maximum absolute atomic E-state index is 13.0.